The van der Waals surface area contributed by atoms with Crippen molar-refractivity contribution < 1.29 is 17.6 Å². The second kappa shape index (κ2) is 9.78. The van der Waals surface area contributed by atoms with Crippen molar-refractivity contribution in [2.45, 2.75) is 37.9 Å². The van der Waals surface area contributed by atoms with Crippen LogP contribution >= 0.6 is 36.4 Å². The summed E-state index contributed by atoms with van der Waals surface area (Å²) in [5.74, 6) is -0.876. The Kier molecular flexibility index (Phi) is 8.94. The first kappa shape index (κ1) is 23.8. The van der Waals surface area contributed by atoms with Crippen LogP contribution in [0.1, 0.15) is 42.9 Å². The highest BCUT2D eigenvalue weighted by atomic mass is 35.5. The number of hydrogen-bond acceptors (Lipinski definition) is 2. The van der Waals surface area contributed by atoms with Gasteiger partial charge in [-0.2, -0.15) is 13.2 Å². The first-order chi connectivity index (χ1) is 11.4. The van der Waals surface area contributed by atoms with Gasteiger partial charge in [0.15, 0.2) is 0 Å². The SMILES string of the molecule is Cl.Cl.Fc1c(Cl)ccc(C(F)(F)F)c1[C@H](C1CCCC1)N1CCNCC1. The molecule has 1 aromatic carbocycles. The molecule has 2 nitrogen and oxygen atoms in total. The van der Waals surface area contributed by atoms with Crippen LogP contribution in [0.25, 0.3) is 0 Å². The fourth-order valence-electron chi connectivity index (χ4n) is 4.05. The summed E-state index contributed by atoms with van der Waals surface area (Å²) >= 11 is 5.85. The molecule has 1 N–H and O–H groups in total. The number of alkyl halides is 3. The summed E-state index contributed by atoms with van der Waals surface area (Å²) in [4.78, 5) is 2.00. The van der Waals surface area contributed by atoms with E-state index in [1.807, 2.05) is 4.90 Å². The predicted molar refractivity (Wildman–Crippen MR) is 100 cm³/mol. The van der Waals surface area contributed by atoms with Gasteiger partial charge >= 0.3 is 6.18 Å². The van der Waals surface area contributed by atoms with E-state index < -0.39 is 23.6 Å². The molecule has 1 aliphatic heterocycles. The lowest BCUT2D eigenvalue weighted by molar-refractivity contribution is -0.139. The van der Waals surface area contributed by atoms with E-state index in [0.29, 0.717) is 26.2 Å². The zero-order valence-corrected chi connectivity index (χ0v) is 16.5. The Balaban J connectivity index is 0.00000169. The highest BCUT2D eigenvalue weighted by molar-refractivity contribution is 6.30. The summed E-state index contributed by atoms with van der Waals surface area (Å²) in [5, 5.41) is 2.96. The average Bonchev–Trinajstić information content (AvgIpc) is 3.06. The lowest BCUT2D eigenvalue weighted by Crippen LogP contribution is -2.47. The third-order valence-electron chi connectivity index (χ3n) is 5.13. The molecule has 2 aliphatic rings. The molecule has 0 aromatic heterocycles. The van der Waals surface area contributed by atoms with E-state index in [1.165, 1.54) is 0 Å². The van der Waals surface area contributed by atoms with Crippen molar-refractivity contribution in [3.63, 3.8) is 0 Å². The highest BCUT2D eigenvalue weighted by Crippen LogP contribution is 2.46. The minimum absolute atomic E-state index is 0. The van der Waals surface area contributed by atoms with Crippen LogP contribution in [0.3, 0.4) is 0 Å². The second-order valence-electron chi connectivity index (χ2n) is 6.60. The summed E-state index contributed by atoms with van der Waals surface area (Å²) in [6.07, 6.45) is -0.963. The second-order valence-corrected chi connectivity index (χ2v) is 7.00. The Morgan fingerprint density at radius 1 is 1.08 bits per heavy atom. The van der Waals surface area contributed by atoms with Crippen LogP contribution in [0.2, 0.25) is 5.02 Å². The van der Waals surface area contributed by atoms with E-state index in [-0.39, 0.29) is 41.3 Å². The fraction of sp³-hybridized carbons (Fsp3) is 0.647. The largest absolute Gasteiger partial charge is 0.416 e. The van der Waals surface area contributed by atoms with E-state index in [9.17, 15) is 17.6 Å². The van der Waals surface area contributed by atoms with Crippen molar-refractivity contribution in [1.29, 1.82) is 0 Å². The molecular weight excluding hydrogens is 415 g/mol. The van der Waals surface area contributed by atoms with Crippen LogP contribution in [-0.2, 0) is 6.18 Å². The average molecular weight is 438 g/mol. The van der Waals surface area contributed by atoms with E-state index in [0.717, 1.165) is 37.8 Å². The molecule has 1 atom stereocenters. The van der Waals surface area contributed by atoms with E-state index >= 15 is 0 Å². The summed E-state index contributed by atoms with van der Waals surface area (Å²) in [6, 6.07) is 1.36. The first-order valence-corrected chi connectivity index (χ1v) is 8.77. The molecule has 9 heteroatoms. The molecule has 26 heavy (non-hydrogen) atoms. The van der Waals surface area contributed by atoms with Gasteiger partial charge < -0.3 is 5.32 Å². The van der Waals surface area contributed by atoms with Crippen LogP contribution in [0, 0.1) is 11.7 Å². The summed E-state index contributed by atoms with van der Waals surface area (Å²) < 4.78 is 55.4. The Labute approximate surface area is 168 Å². The maximum Gasteiger partial charge on any atom is 0.416 e. The molecule has 1 aromatic rings. The van der Waals surface area contributed by atoms with Crippen molar-refractivity contribution in [3.05, 3.63) is 34.1 Å². The van der Waals surface area contributed by atoms with Crippen LogP contribution < -0.4 is 5.32 Å². The van der Waals surface area contributed by atoms with Crippen LogP contribution in [-0.4, -0.2) is 31.1 Å². The quantitative estimate of drug-likeness (QED) is 0.630. The Hall–Kier alpha value is -0.270. The van der Waals surface area contributed by atoms with Crippen LogP contribution in [0.15, 0.2) is 12.1 Å². The summed E-state index contributed by atoms with van der Waals surface area (Å²) in [6.45, 7) is 2.63. The molecule has 0 bridgehead atoms. The van der Waals surface area contributed by atoms with Gasteiger partial charge in [-0.3, -0.25) is 4.90 Å². The molecule has 0 amide bonds. The molecule has 1 saturated carbocycles. The molecule has 1 saturated heterocycles. The summed E-state index contributed by atoms with van der Waals surface area (Å²) in [5.41, 5.74) is -1.15. The number of hydrogen-bond donors (Lipinski definition) is 1. The van der Waals surface area contributed by atoms with Gasteiger partial charge in [-0.15, -0.1) is 24.8 Å². The molecule has 0 spiro atoms. The van der Waals surface area contributed by atoms with Crippen molar-refractivity contribution in [2.75, 3.05) is 26.2 Å². The van der Waals surface area contributed by atoms with E-state index in [1.54, 1.807) is 0 Å². The smallest absolute Gasteiger partial charge is 0.314 e. The van der Waals surface area contributed by atoms with Crippen molar-refractivity contribution in [3.8, 4) is 0 Å². The van der Waals surface area contributed by atoms with Gasteiger partial charge in [0.25, 0.3) is 0 Å². The molecule has 2 fully saturated rings. The number of halogens is 7. The maximum absolute atomic E-state index is 14.8. The van der Waals surface area contributed by atoms with Gasteiger partial charge in [0.05, 0.1) is 10.6 Å². The minimum atomic E-state index is -4.59. The van der Waals surface area contributed by atoms with E-state index in [2.05, 4.69) is 5.32 Å². The van der Waals surface area contributed by atoms with Gasteiger partial charge in [0.2, 0.25) is 0 Å². The molecule has 1 heterocycles. The molecule has 0 unspecified atom stereocenters. The number of nitrogens with one attached hydrogen (secondary N) is 1. The van der Waals surface area contributed by atoms with Crippen LogP contribution in [0.4, 0.5) is 17.6 Å². The molecule has 1 aliphatic carbocycles. The van der Waals surface area contributed by atoms with E-state index in [4.69, 9.17) is 11.6 Å². The maximum atomic E-state index is 14.8. The zero-order valence-electron chi connectivity index (χ0n) is 14.1. The number of benzene rings is 1. The summed E-state index contributed by atoms with van der Waals surface area (Å²) in [7, 11) is 0. The molecular formula is C17H23Cl3F4N2. The third kappa shape index (κ3) is 4.96. The van der Waals surface area contributed by atoms with Crippen molar-refractivity contribution in [1.82, 2.24) is 10.2 Å². The van der Waals surface area contributed by atoms with Crippen molar-refractivity contribution >= 4 is 36.4 Å². The monoisotopic (exact) mass is 436 g/mol. The molecule has 150 valence electrons. The topological polar surface area (TPSA) is 15.3 Å². The Morgan fingerprint density at radius 3 is 2.19 bits per heavy atom. The zero-order chi connectivity index (χ0) is 17.3. The Bertz CT molecular complexity index is 586. The normalized spacial score (nSPS) is 20.3. The number of rotatable bonds is 3. The van der Waals surface area contributed by atoms with Crippen LogP contribution in [0.5, 0.6) is 0 Å². The number of nitrogens with zero attached hydrogens (tertiary/aromatic N) is 1. The number of piperazine rings is 1. The standard InChI is InChI=1S/C17H21ClF4N2.2ClH/c18-13-6-5-12(17(20,21)22)14(15(13)19)16(11-3-1-2-4-11)24-9-7-23-8-10-24;;/h5-6,11,16,23H,1-4,7-10H2;2*1H/t16-;;/m0../s1. The van der Waals surface area contributed by atoms with Crippen molar-refractivity contribution in [2.24, 2.45) is 5.92 Å². The highest BCUT2D eigenvalue weighted by Gasteiger charge is 2.42. The lowest BCUT2D eigenvalue weighted by Gasteiger charge is -2.39. The fourth-order valence-corrected chi connectivity index (χ4v) is 4.22. The molecule has 3 rings (SSSR count). The first-order valence-electron chi connectivity index (χ1n) is 8.39. The van der Waals surface area contributed by atoms with Gasteiger partial charge in [0, 0.05) is 37.8 Å². The van der Waals surface area contributed by atoms with Gasteiger partial charge in [-0.25, -0.2) is 4.39 Å². The minimum Gasteiger partial charge on any atom is -0.314 e. The van der Waals surface area contributed by atoms with Gasteiger partial charge in [0.1, 0.15) is 5.82 Å². The predicted octanol–water partition coefficient (Wildman–Crippen LogP) is 5.48. The van der Waals surface area contributed by atoms with Gasteiger partial charge in [-0.1, -0.05) is 24.4 Å². The van der Waals surface area contributed by atoms with Gasteiger partial charge in [-0.05, 0) is 30.9 Å². The molecule has 0 radical (unpaired) electrons. The third-order valence-corrected chi connectivity index (χ3v) is 5.42. The lowest BCUT2D eigenvalue weighted by atomic mass is 9.86. The Morgan fingerprint density at radius 2 is 1.65 bits per heavy atom.